The van der Waals surface area contributed by atoms with Crippen LogP contribution in [0.4, 0.5) is 21.5 Å². The number of nitrogens with two attached hydrogens (primary N) is 2. The maximum atomic E-state index is 13.7. The molecule has 6 rings (SSSR count). The average molecular weight is 667 g/mol. The molecule has 8 N–H and O–H groups in total. The highest BCUT2D eigenvalue weighted by atomic mass is 35.5. The highest BCUT2D eigenvalue weighted by Crippen LogP contribution is 2.28. The fourth-order valence-corrected chi connectivity index (χ4v) is 4.77. The molecular weight excluding hydrogens is 639 g/mol. The van der Waals surface area contributed by atoms with Crippen molar-refractivity contribution in [3.63, 3.8) is 0 Å². The molecule has 5 aromatic rings. The van der Waals surface area contributed by atoms with Gasteiger partial charge < -0.3 is 41.8 Å². The number of carbonyl (C=O) groups is 3. The predicted molar refractivity (Wildman–Crippen MR) is 172 cm³/mol. The summed E-state index contributed by atoms with van der Waals surface area (Å²) in [4.78, 5) is 69.6. The van der Waals surface area contributed by atoms with Crippen LogP contribution in [-0.4, -0.2) is 51.5 Å². The van der Waals surface area contributed by atoms with Crippen molar-refractivity contribution < 1.29 is 28.6 Å². The van der Waals surface area contributed by atoms with Gasteiger partial charge in [-0.25, -0.2) is 19.2 Å². The van der Waals surface area contributed by atoms with Crippen LogP contribution in [0.25, 0.3) is 11.0 Å². The molecule has 0 saturated heterocycles. The molecule has 0 atom stereocenters. The number of fused-ring (bicyclic) bond motifs is 2. The third kappa shape index (κ3) is 7.03. The number of amides is 2. The van der Waals surface area contributed by atoms with Crippen LogP contribution in [0.5, 0.6) is 5.75 Å². The summed E-state index contributed by atoms with van der Waals surface area (Å²) in [6, 6.07) is 9.75. The van der Waals surface area contributed by atoms with Gasteiger partial charge >= 0.3 is 5.97 Å². The molecule has 244 valence electrons. The number of carbonyl (C=O) groups excluding carboxylic acids is 2. The van der Waals surface area contributed by atoms with E-state index in [1.54, 1.807) is 37.4 Å². The highest BCUT2D eigenvalue weighted by molar-refractivity contribution is 6.08. The first-order valence-electron chi connectivity index (χ1n) is 13.6. The van der Waals surface area contributed by atoms with E-state index in [0.717, 1.165) is 17.5 Å². The molecule has 0 fully saturated rings. The zero-order chi connectivity index (χ0) is 33.1. The Morgan fingerprint density at radius 1 is 1.11 bits per heavy atom. The van der Waals surface area contributed by atoms with Crippen LogP contribution < -0.4 is 42.6 Å². The minimum absolute atomic E-state index is 0. The van der Waals surface area contributed by atoms with Crippen molar-refractivity contribution in [2.45, 2.75) is 19.6 Å². The van der Waals surface area contributed by atoms with Gasteiger partial charge in [0.2, 0.25) is 0 Å². The number of aromatic nitrogens is 3. The Morgan fingerprint density at radius 2 is 1.85 bits per heavy atom. The van der Waals surface area contributed by atoms with Crippen molar-refractivity contribution in [3.05, 3.63) is 103 Å². The zero-order valence-electron chi connectivity index (χ0n) is 24.6. The zero-order valence-corrected chi connectivity index (χ0v) is 25.4. The largest absolute Gasteiger partial charge is 0.482 e. The molecule has 3 aromatic carbocycles. The molecule has 1 aliphatic rings. The van der Waals surface area contributed by atoms with Gasteiger partial charge in [-0.05, 0) is 35.4 Å². The number of nitrogens with zero attached hydrogens (tertiary/aromatic N) is 3. The topological polar surface area (TPSA) is 236 Å². The number of nitrogen functional groups attached to an aromatic ring is 1. The molecule has 0 unspecified atom stereocenters. The Kier molecular flexibility index (Phi) is 10.2. The van der Waals surface area contributed by atoms with Crippen LogP contribution in [0.3, 0.4) is 0 Å². The number of hydrogen-bond acceptors (Lipinski definition) is 11. The van der Waals surface area contributed by atoms with Crippen molar-refractivity contribution in [1.82, 2.24) is 20.3 Å². The Hall–Kier alpha value is -5.87. The number of rotatable bonds is 8. The van der Waals surface area contributed by atoms with Crippen molar-refractivity contribution in [2.24, 2.45) is 5.73 Å². The number of benzene rings is 2. The number of aromatic amines is 1. The summed E-state index contributed by atoms with van der Waals surface area (Å²) in [5.41, 5.74) is 12.6. The molecule has 0 radical (unpaired) electrons. The summed E-state index contributed by atoms with van der Waals surface area (Å²) in [5.74, 6) is -1.70. The molecule has 15 nitrogen and oxygen atoms in total. The molecule has 0 spiro atoms. The fourth-order valence-electron chi connectivity index (χ4n) is 4.77. The second kappa shape index (κ2) is 14.1. The van der Waals surface area contributed by atoms with Gasteiger partial charge in [-0.2, -0.15) is 0 Å². The van der Waals surface area contributed by atoms with Crippen LogP contribution in [0, 0.1) is 5.82 Å². The molecule has 0 aliphatic carbocycles. The van der Waals surface area contributed by atoms with E-state index in [1.165, 1.54) is 17.2 Å². The molecule has 2 amide bonds. The SMILES string of the molecule is CN(Cc1cc(CN)ccc1F)c1c(N)c(=O)c1=O.Cl.O=C1COc2ccc(CNC(=O)c3ncnc4c(C(=O)O)c[nH]c34)cc2N1. The van der Waals surface area contributed by atoms with Gasteiger partial charge in [0.25, 0.3) is 22.7 Å². The highest BCUT2D eigenvalue weighted by Gasteiger charge is 2.23. The third-order valence-corrected chi connectivity index (χ3v) is 7.09. The molecule has 17 heteroatoms. The van der Waals surface area contributed by atoms with Crippen LogP contribution in [-0.2, 0) is 24.4 Å². The number of anilines is 3. The quantitative estimate of drug-likeness (QED) is 0.129. The molecule has 0 saturated carbocycles. The molecule has 0 bridgehead atoms. The van der Waals surface area contributed by atoms with Gasteiger partial charge in [0.1, 0.15) is 40.3 Å². The summed E-state index contributed by atoms with van der Waals surface area (Å²) in [6.45, 7) is 0.606. The maximum Gasteiger partial charge on any atom is 0.339 e. The number of H-pyrrole nitrogens is 1. The van der Waals surface area contributed by atoms with Gasteiger partial charge in [-0.3, -0.25) is 19.2 Å². The summed E-state index contributed by atoms with van der Waals surface area (Å²) in [5, 5.41) is 14.6. The van der Waals surface area contributed by atoms with Crippen molar-refractivity contribution in [2.75, 3.05) is 29.6 Å². The van der Waals surface area contributed by atoms with Gasteiger partial charge in [0.05, 0.1) is 11.2 Å². The van der Waals surface area contributed by atoms with Gasteiger partial charge in [-0.15, -0.1) is 12.4 Å². The lowest BCUT2D eigenvalue weighted by Crippen LogP contribution is -2.40. The number of halogens is 2. The van der Waals surface area contributed by atoms with E-state index >= 15 is 0 Å². The Labute approximate surface area is 270 Å². The second-order valence-electron chi connectivity index (χ2n) is 10.2. The molecule has 47 heavy (non-hydrogen) atoms. The summed E-state index contributed by atoms with van der Waals surface area (Å²) < 4.78 is 18.9. The summed E-state index contributed by atoms with van der Waals surface area (Å²) in [7, 11) is 1.58. The number of carboxylic acid groups (broad SMARTS) is 1. The van der Waals surface area contributed by atoms with Crippen molar-refractivity contribution in [1.29, 1.82) is 0 Å². The van der Waals surface area contributed by atoms with Crippen molar-refractivity contribution in [3.8, 4) is 5.75 Å². The van der Waals surface area contributed by atoms with E-state index in [4.69, 9.17) is 21.3 Å². The molecule has 1 aliphatic heterocycles. The minimum atomic E-state index is -1.15. The first-order chi connectivity index (χ1) is 22.0. The van der Waals surface area contributed by atoms with Gasteiger partial charge in [-0.1, -0.05) is 12.1 Å². The van der Waals surface area contributed by atoms with E-state index in [-0.39, 0.29) is 77.5 Å². The van der Waals surface area contributed by atoms with E-state index in [1.807, 2.05) is 0 Å². The Morgan fingerprint density at radius 3 is 2.55 bits per heavy atom. The normalized spacial score (nSPS) is 11.8. The van der Waals surface area contributed by atoms with Crippen LogP contribution in [0.1, 0.15) is 37.5 Å². The third-order valence-electron chi connectivity index (χ3n) is 7.09. The number of aromatic carboxylic acids is 1. The molecule has 3 heterocycles. The first-order valence-corrected chi connectivity index (χ1v) is 13.6. The average Bonchev–Trinajstić information content (AvgIpc) is 3.49. The second-order valence-corrected chi connectivity index (χ2v) is 10.2. The van der Waals surface area contributed by atoms with Crippen LogP contribution >= 0.6 is 12.4 Å². The van der Waals surface area contributed by atoms with E-state index in [2.05, 4.69) is 25.6 Å². The fraction of sp³-hybridized carbons (Fsp3) is 0.167. The smallest absolute Gasteiger partial charge is 0.339 e. The number of hydrogen-bond donors (Lipinski definition) is 6. The Balaban J connectivity index is 0.000000221. The number of carboxylic acids is 1. The van der Waals surface area contributed by atoms with E-state index in [9.17, 15) is 28.4 Å². The van der Waals surface area contributed by atoms with Crippen molar-refractivity contribution >= 4 is 58.3 Å². The predicted octanol–water partition coefficient (Wildman–Crippen LogP) is 1.44. The summed E-state index contributed by atoms with van der Waals surface area (Å²) >= 11 is 0. The van der Waals surface area contributed by atoms with E-state index < -0.39 is 22.7 Å². The molecule has 2 aromatic heterocycles. The summed E-state index contributed by atoms with van der Waals surface area (Å²) in [6.07, 6.45) is 2.41. The van der Waals surface area contributed by atoms with Crippen LogP contribution in [0.15, 0.2) is 58.5 Å². The lowest BCUT2D eigenvalue weighted by Gasteiger charge is -2.22. The monoisotopic (exact) mass is 666 g/mol. The molecular formula is C30H28ClFN8O7. The van der Waals surface area contributed by atoms with Gasteiger partial charge in [0, 0.05) is 38.4 Å². The lowest BCUT2D eigenvalue weighted by atomic mass is 10.1. The van der Waals surface area contributed by atoms with Gasteiger partial charge in [0.15, 0.2) is 12.3 Å². The van der Waals surface area contributed by atoms with Crippen LogP contribution in [0.2, 0.25) is 0 Å². The lowest BCUT2D eigenvalue weighted by molar-refractivity contribution is -0.118. The first kappa shape index (κ1) is 34.0. The standard InChI is InChI=1S/C17H13N5O5.C13H14FN3O2.ClH/c23-12-6-27-11-2-1-8(3-10(11)22-12)4-19-16(24)15-14-13(20-7-21-15)9(5-18-14)17(25)26;1-17(11-10(16)12(18)13(11)19)6-8-4-7(5-15)2-3-9(8)14;/h1-3,5,7,18H,4,6H2,(H,19,24)(H,22,23)(H,25,26);2-4H,5-6,15-16H2,1H3;1H. The Bertz CT molecular complexity index is 2080. The number of nitrogens with one attached hydrogen (secondary N) is 3. The number of ether oxygens (including phenoxy) is 1. The minimum Gasteiger partial charge on any atom is -0.482 e. The maximum absolute atomic E-state index is 13.7. The van der Waals surface area contributed by atoms with E-state index in [0.29, 0.717) is 23.5 Å².